The van der Waals surface area contributed by atoms with Crippen LogP contribution in [0, 0.1) is 11.8 Å². The van der Waals surface area contributed by atoms with Gasteiger partial charge in [0.1, 0.15) is 30.5 Å². The Kier molecular flexibility index (Phi) is 9.32. The summed E-state index contributed by atoms with van der Waals surface area (Å²) in [7, 11) is -1.44. The van der Waals surface area contributed by atoms with Crippen molar-refractivity contribution in [2.24, 2.45) is 11.8 Å². The molecule has 5 rings (SSSR count). The summed E-state index contributed by atoms with van der Waals surface area (Å²) < 4.78 is 22.2. The zero-order chi connectivity index (χ0) is 29.7. The lowest BCUT2D eigenvalue weighted by Crippen LogP contribution is -2.50. The van der Waals surface area contributed by atoms with Gasteiger partial charge in [0.2, 0.25) is 0 Å². The molecule has 0 aromatic heterocycles. The van der Waals surface area contributed by atoms with E-state index in [4.69, 9.17) is 24.1 Å². The van der Waals surface area contributed by atoms with Gasteiger partial charge in [-0.3, -0.25) is 14.4 Å². The minimum absolute atomic E-state index is 0.0194. The normalized spacial score (nSPS) is 21.0. The Balaban J connectivity index is 1.55. The Morgan fingerprint density at radius 1 is 0.951 bits per heavy atom. The second-order valence-corrected chi connectivity index (χ2v) is 17.2. The molecular formula is C31H36O9Si. The molecule has 1 saturated carbocycles. The predicted molar refractivity (Wildman–Crippen MR) is 153 cm³/mol. The highest BCUT2D eigenvalue weighted by Crippen LogP contribution is 2.55. The van der Waals surface area contributed by atoms with Gasteiger partial charge in [0.15, 0.2) is 6.61 Å². The standard InChI is InChI=1S/C31H36O9Si/c1-5-12-37-31(36)29-27-23-15-21(39-17-19-6-8-20(9-7-19)40-18-26(33)34)10-11-22(23)24(16-25(27)32)28(29)30(35)38-13-14-41(2,3)4/h5-11,15,24,27-29H,1,12-14,16-18H2,2-4H3,(H,33,34). The van der Waals surface area contributed by atoms with Crippen LogP contribution >= 0.6 is 0 Å². The number of fused-ring (bicyclic) bond motifs is 2. The molecule has 3 aliphatic carbocycles. The Bertz CT molecular complexity index is 1310. The van der Waals surface area contributed by atoms with Gasteiger partial charge in [-0.05, 0) is 47.0 Å². The third-order valence-corrected chi connectivity index (χ3v) is 9.12. The molecule has 0 spiro atoms. The molecule has 1 fully saturated rings. The summed E-state index contributed by atoms with van der Waals surface area (Å²) in [4.78, 5) is 50.6. The van der Waals surface area contributed by atoms with Crippen molar-refractivity contribution < 1.29 is 43.2 Å². The van der Waals surface area contributed by atoms with Crippen molar-refractivity contribution in [2.75, 3.05) is 19.8 Å². The molecule has 9 nitrogen and oxygen atoms in total. The highest BCUT2D eigenvalue weighted by Gasteiger charge is 2.57. The molecule has 0 amide bonds. The number of carbonyl (C=O) groups excluding carboxylic acids is 3. The Hall–Kier alpha value is -3.92. The van der Waals surface area contributed by atoms with E-state index in [9.17, 15) is 19.2 Å². The topological polar surface area (TPSA) is 125 Å². The lowest BCUT2D eigenvalue weighted by Gasteiger charge is -2.46. The minimum Gasteiger partial charge on any atom is -0.489 e. The average molecular weight is 581 g/mol. The van der Waals surface area contributed by atoms with Crippen LogP contribution in [0.3, 0.4) is 0 Å². The van der Waals surface area contributed by atoms with Crippen LogP contribution in [0.25, 0.3) is 0 Å². The maximum atomic E-state index is 13.4. The molecule has 0 aliphatic heterocycles. The van der Waals surface area contributed by atoms with E-state index in [1.165, 1.54) is 6.08 Å². The van der Waals surface area contributed by atoms with E-state index < -0.39 is 56.3 Å². The van der Waals surface area contributed by atoms with Crippen LogP contribution in [-0.4, -0.2) is 56.7 Å². The first kappa shape index (κ1) is 30.0. The predicted octanol–water partition coefficient (Wildman–Crippen LogP) is 4.73. The average Bonchev–Trinajstić information content (AvgIpc) is 2.93. The first-order chi connectivity index (χ1) is 19.5. The molecule has 41 heavy (non-hydrogen) atoms. The second kappa shape index (κ2) is 12.7. The van der Waals surface area contributed by atoms with Crippen molar-refractivity contribution in [1.82, 2.24) is 0 Å². The lowest BCUT2D eigenvalue weighted by atomic mass is 9.55. The number of Topliss-reactive ketones (excluding diaryl/α,β-unsaturated/α-hetero) is 1. The maximum Gasteiger partial charge on any atom is 0.341 e. The van der Waals surface area contributed by atoms with E-state index in [2.05, 4.69) is 26.2 Å². The van der Waals surface area contributed by atoms with Gasteiger partial charge in [-0.15, -0.1) is 0 Å². The van der Waals surface area contributed by atoms with Gasteiger partial charge in [-0.2, -0.15) is 0 Å². The summed E-state index contributed by atoms with van der Waals surface area (Å²) in [5, 5.41) is 8.75. The van der Waals surface area contributed by atoms with Crippen molar-refractivity contribution in [2.45, 2.75) is 50.5 Å². The maximum absolute atomic E-state index is 13.4. The molecule has 0 heterocycles. The van der Waals surface area contributed by atoms with Gasteiger partial charge in [-0.1, -0.05) is 50.5 Å². The number of hydrogen-bond donors (Lipinski definition) is 1. The Morgan fingerprint density at radius 2 is 1.63 bits per heavy atom. The smallest absolute Gasteiger partial charge is 0.341 e. The molecule has 218 valence electrons. The number of ketones is 1. The van der Waals surface area contributed by atoms with Crippen LogP contribution in [0.1, 0.15) is 34.9 Å². The highest BCUT2D eigenvalue weighted by atomic mass is 28.3. The molecule has 2 bridgehead atoms. The van der Waals surface area contributed by atoms with Crippen LogP contribution < -0.4 is 9.47 Å². The van der Waals surface area contributed by atoms with Gasteiger partial charge in [0.05, 0.1) is 24.4 Å². The van der Waals surface area contributed by atoms with E-state index in [1.54, 1.807) is 36.4 Å². The lowest BCUT2D eigenvalue weighted by molar-refractivity contribution is -0.166. The van der Waals surface area contributed by atoms with Crippen LogP contribution in [0.2, 0.25) is 25.7 Å². The van der Waals surface area contributed by atoms with Crippen molar-refractivity contribution in [3.05, 3.63) is 71.8 Å². The monoisotopic (exact) mass is 580 g/mol. The Labute approximate surface area is 240 Å². The van der Waals surface area contributed by atoms with Gasteiger partial charge >= 0.3 is 17.9 Å². The van der Waals surface area contributed by atoms with E-state index in [0.717, 1.165) is 17.2 Å². The van der Waals surface area contributed by atoms with Crippen LogP contribution in [-0.2, 0) is 35.3 Å². The summed E-state index contributed by atoms with van der Waals surface area (Å²) in [5.74, 6) is -4.41. The molecule has 2 aromatic carbocycles. The summed E-state index contributed by atoms with van der Waals surface area (Å²) in [6, 6.07) is 13.1. The van der Waals surface area contributed by atoms with Crippen molar-refractivity contribution in [3.8, 4) is 11.5 Å². The minimum atomic E-state index is -1.44. The molecule has 0 saturated heterocycles. The van der Waals surface area contributed by atoms with Gasteiger partial charge in [0, 0.05) is 20.4 Å². The van der Waals surface area contributed by atoms with Gasteiger partial charge in [-0.25, -0.2) is 4.79 Å². The number of carboxylic acid groups (broad SMARTS) is 1. The molecule has 10 heteroatoms. The second-order valence-electron chi connectivity index (χ2n) is 11.6. The molecular weight excluding hydrogens is 544 g/mol. The fourth-order valence-corrected chi connectivity index (χ4v) is 6.14. The third kappa shape index (κ3) is 7.24. The van der Waals surface area contributed by atoms with Gasteiger partial charge in [0.25, 0.3) is 0 Å². The first-order valence-corrected chi connectivity index (χ1v) is 17.4. The number of ether oxygens (including phenoxy) is 4. The van der Waals surface area contributed by atoms with E-state index in [0.29, 0.717) is 17.1 Å². The molecule has 1 N–H and O–H groups in total. The fourth-order valence-electron chi connectivity index (χ4n) is 5.43. The Morgan fingerprint density at radius 3 is 2.29 bits per heavy atom. The number of benzene rings is 2. The van der Waals surface area contributed by atoms with Gasteiger partial charge < -0.3 is 24.1 Å². The van der Waals surface area contributed by atoms with E-state index >= 15 is 0 Å². The largest absolute Gasteiger partial charge is 0.489 e. The quantitative estimate of drug-likeness (QED) is 0.203. The third-order valence-electron chi connectivity index (χ3n) is 7.42. The van der Waals surface area contributed by atoms with E-state index in [1.807, 2.05) is 6.07 Å². The number of rotatable bonds is 13. The van der Waals surface area contributed by atoms with E-state index in [-0.39, 0.29) is 32.0 Å². The SMILES string of the molecule is C=CCOC(=O)C1C2C(=O)CC(c3ccc(OCc4ccc(OCC(=O)O)cc4)cc32)C1C(=O)OCC[Si](C)(C)C. The van der Waals surface area contributed by atoms with Crippen molar-refractivity contribution in [3.63, 3.8) is 0 Å². The van der Waals surface area contributed by atoms with Crippen molar-refractivity contribution in [1.29, 1.82) is 0 Å². The summed E-state index contributed by atoms with van der Waals surface area (Å²) in [5.41, 5.74) is 2.35. The van der Waals surface area contributed by atoms with Crippen molar-refractivity contribution >= 4 is 31.8 Å². The number of aliphatic carboxylic acids is 1. The van der Waals surface area contributed by atoms with Crippen LogP contribution in [0.15, 0.2) is 55.1 Å². The van der Waals surface area contributed by atoms with Crippen LogP contribution in [0.5, 0.6) is 11.5 Å². The number of carbonyl (C=O) groups is 4. The first-order valence-electron chi connectivity index (χ1n) is 13.7. The molecule has 3 aliphatic rings. The molecule has 4 atom stereocenters. The van der Waals surface area contributed by atoms with Crippen LogP contribution in [0.4, 0.5) is 0 Å². The zero-order valence-electron chi connectivity index (χ0n) is 23.6. The number of esters is 2. The summed E-state index contributed by atoms with van der Waals surface area (Å²) in [6.45, 7) is 10.2. The number of carboxylic acids is 1. The zero-order valence-corrected chi connectivity index (χ0v) is 24.6. The summed E-state index contributed by atoms with van der Waals surface area (Å²) >= 11 is 0. The highest BCUT2D eigenvalue weighted by molar-refractivity contribution is 6.76. The molecule has 4 unspecified atom stereocenters. The fraction of sp³-hybridized carbons (Fsp3) is 0.419. The molecule has 0 radical (unpaired) electrons. The summed E-state index contributed by atoms with van der Waals surface area (Å²) in [6.07, 6.45) is 1.61. The number of hydrogen-bond acceptors (Lipinski definition) is 8. The molecule has 2 aromatic rings.